The summed E-state index contributed by atoms with van der Waals surface area (Å²) in [6.07, 6.45) is 1.40. The van der Waals surface area contributed by atoms with E-state index in [9.17, 15) is 20.2 Å². The number of ether oxygens (including phenoxy) is 1. The predicted molar refractivity (Wildman–Crippen MR) is 131 cm³/mol. The van der Waals surface area contributed by atoms with Crippen LogP contribution in [0.15, 0.2) is 81.4 Å². The molecule has 0 aliphatic carbocycles. The van der Waals surface area contributed by atoms with Crippen LogP contribution >= 0.6 is 27.7 Å². The van der Waals surface area contributed by atoms with Gasteiger partial charge in [0.2, 0.25) is 5.75 Å². The average Bonchev–Trinajstić information content (AvgIpc) is 2.80. The van der Waals surface area contributed by atoms with Crippen LogP contribution < -0.4 is 10.5 Å². The summed E-state index contributed by atoms with van der Waals surface area (Å²) in [6.45, 7) is 0. The second-order valence-corrected chi connectivity index (χ2v) is 8.32. The molecule has 0 aliphatic heterocycles. The Morgan fingerprint density at radius 3 is 2.45 bits per heavy atom. The SMILES string of the molecule is NC(=NN=Cc1cc(Br)ccc1Oc1ccc([N+](=O)[O-])cc1[N+](=O)[O-])SCc1ccccc1. The molecule has 10 nitrogen and oxygen atoms in total. The second-order valence-electron chi connectivity index (χ2n) is 6.41. The van der Waals surface area contributed by atoms with Crippen molar-refractivity contribution in [2.75, 3.05) is 0 Å². The number of nitrogens with two attached hydrogens (primary N) is 1. The molecule has 0 saturated heterocycles. The van der Waals surface area contributed by atoms with Crippen LogP contribution in [0.1, 0.15) is 11.1 Å². The van der Waals surface area contributed by atoms with E-state index < -0.39 is 21.2 Å². The first-order chi connectivity index (χ1) is 15.8. The van der Waals surface area contributed by atoms with Crippen LogP contribution in [0.2, 0.25) is 0 Å². The van der Waals surface area contributed by atoms with Crippen LogP contribution in [0.25, 0.3) is 0 Å². The summed E-state index contributed by atoms with van der Waals surface area (Å²) in [5.41, 5.74) is 6.51. The van der Waals surface area contributed by atoms with E-state index >= 15 is 0 Å². The van der Waals surface area contributed by atoms with Gasteiger partial charge in [-0.1, -0.05) is 58.0 Å². The van der Waals surface area contributed by atoms with Crippen molar-refractivity contribution in [1.82, 2.24) is 0 Å². The minimum absolute atomic E-state index is 0.149. The van der Waals surface area contributed by atoms with Gasteiger partial charge in [0.1, 0.15) is 5.75 Å². The van der Waals surface area contributed by atoms with Gasteiger partial charge in [-0.15, -0.1) is 5.10 Å². The molecule has 168 valence electrons. The Kier molecular flexibility index (Phi) is 8.11. The van der Waals surface area contributed by atoms with Crippen LogP contribution in [0.5, 0.6) is 11.5 Å². The van der Waals surface area contributed by atoms with E-state index in [1.54, 1.807) is 18.2 Å². The van der Waals surface area contributed by atoms with E-state index in [1.165, 1.54) is 24.0 Å². The van der Waals surface area contributed by atoms with Crippen LogP contribution in [0.3, 0.4) is 0 Å². The number of nitro benzene ring substituents is 2. The molecule has 0 unspecified atom stereocenters. The number of amidine groups is 1. The summed E-state index contributed by atoms with van der Waals surface area (Å²) in [5.74, 6) is 0.731. The van der Waals surface area contributed by atoms with Crippen molar-refractivity contribution in [1.29, 1.82) is 0 Å². The number of thioether (sulfide) groups is 1. The minimum Gasteiger partial charge on any atom is -0.449 e. The summed E-state index contributed by atoms with van der Waals surface area (Å²) < 4.78 is 6.41. The van der Waals surface area contributed by atoms with Gasteiger partial charge in [0, 0.05) is 21.9 Å². The molecule has 0 atom stereocenters. The molecule has 3 aromatic carbocycles. The number of rotatable bonds is 8. The zero-order valence-corrected chi connectivity index (χ0v) is 19.2. The molecule has 0 radical (unpaired) electrons. The molecular formula is C21H16BrN5O5S. The van der Waals surface area contributed by atoms with E-state index in [1.807, 2.05) is 30.3 Å². The first kappa shape index (κ1) is 23.9. The van der Waals surface area contributed by atoms with Crippen LogP contribution in [-0.2, 0) is 5.75 Å². The second kappa shape index (κ2) is 11.2. The molecule has 0 saturated carbocycles. The maximum atomic E-state index is 11.4. The molecule has 2 N–H and O–H groups in total. The van der Waals surface area contributed by atoms with Gasteiger partial charge >= 0.3 is 5.69 Å². The third-order valence-corrected chi connectivity index (χ3v) is 5.47. The number of benzene rings is 3. The topological polar surface area (TPSA) is 146 Å². The number of nitrogens with zero attached hydrogens (tertiary/aromatic N) is 4. The molecule has 0 amide bonds. The molecule has 0 bridgehead atoms. The smallest absolute Gasteiger partial charge is 0.318 e. The van der Waals surface area contributed by atoms with Gasteiger partial charge < -0.3 is 10.5 Å². The molecule has 0 fully saturated rings. The first-order valence-electron chi connectivity index (χ1n) is 9.27. The van der Waals surface area contributed by atoms with Gasteiger partial charge in [-0.05, 0) is 29.8 Å². The third kappa shape index (κ3) is 6.85. The molecule has 0 heterocycles. The fourth-order valence-electron chi connectivity index (χ4n) is 2.59. The summed E-state index contributed by atoms with van der Waals surface area (Å²) >= 11 is 4.68. The lowest BCUT2D eigenvalue weighted by atomic mass is 10.2. The Morgan fingerprint density at radius 2 is 1.76 bits per heavy atom. The summed E-state index contributed by atoms with van der Waals surface area (Å²) in [7, 11) is 0. The van der Waals surface area contributed by atoms with Gasteiger partial charge in [-0.25, -0.2) is 0 Å². The molecule has 0 aliphatic rings. The van der Waals surface area contributed by atoms with Crippen molar-refractivity contribution in [3.8, 4) is 11.5 Å². The lowest BCUT2D eigenvalue weighted by Crippen LogP contribution is -2.06. The Hall–Kier alpha value is -3.77. The third-order valence-electron chi connectivity index (χ3n) is 4.12. The minimum atomic E-state index is -0.746. The Labute approximate surface area is 200 Å². The Balaban J connectivity index is 1.79. The maximum absolute atomic E-state index is 11.4. The highest BCUT2D eigenvalue weighted by atomic mass is 79.9. The highest BCUT2D eigenvalue weighted by Crippen LogP contribution is 2.36. The van der Waals surface area contributed by atoms with Gasteiger partial charge in [0.15, 0.2) is 5.17 Å². The molecule has 3 aromatic rings. The fraction of sp³-hybridized carbons (Fsp3) is 0.0476. The highest BCUT2D eigenvalue weighted by Gasteiger charge is 2.21. The number of non-ortho nitro benzene ring substituents is 1. The largest absolute Gasteiger partial charge is 0.449 e. The van der Waals surface area contributed by atoms with Crippen LogP contribution in [0, 0.1) is 20.2 Å². The van der Waals surface area contributed by atoms with E-state index in [0.717, 1.165) is 17.7 Å². The standard InChI is InChI=1S/C21H16BrN5O5S/c22-16-6-8-19(32-20-9-7-17(26(28)29)11-18(20)27(30)31)15(10-16)12-24-25-21(23)33-13-14-4-2-1-3-5-14/h1-12H,13H2,(H2,23,25). The lowest BCUT2D eigenvalue weighted by Gasteiger charge is -2.09. The van der Waals surface area contributed by atoms with Gasteiger partial charge in [-0.2, -0.15) is 5.10 Å². The molecule has 0 spiro atoms. The van der Waals surface area contributed by atoms with E-state index in [0.29, 0.717) is 15.8 Å². The van der Waals surface area contributed by atoms with Crippen LogP contribution in [0.4, 0.5) is 11.4 Å². The Morgan fingerprint density at radius 1 is 1.03 bits per heavy atom. The summed E-state index contributed by atoms with van der Waals surface area (Å²) in [6, 6.07) is 17.8. The van der Waals surface area contributed by atoms with Crippen molar-refractivity contribution < 1.29 is 14.6 Å². The number of hydrogen-bond donors (Lipinski definition) is 1. The molecule has 0 aromatic heterocycles. The number of halogens is 1. The molecule has 33 heavy (non-hydrogen) atoms. The van der Waals surface area contributed by atoms with Crippen molar-refractivity contribution in [2.45, 2.75) is 5.75 Å². The fourth-order valence-corrected chi connectivity index (χ4v) is 3.58. The lowest BCUT2D eigenvalue weighted by molar-refractivity contribution is -0.394. The van der Waals surface area contributed by atoms with Gasteiger partial charge in [0.05, 0.1) is 22.1 Å². The van der Waals surface area contributed by atoms with Gasteiger partial charge in [-0.3, -0.25) is 20.2 Å². The van der Waals surface area contributed by atoms with Crippen molar-refractivity contribution >= 4 is 50.4 Å². The van der Waals surface area contributed by atoms with Crippen molar-refractivity contribution in [3.05, 3.63) is 103 Å². The van der Waals surface area contributed by atoms with Crippen molar-refractivity contribution in [3.63, 3.8) is 0 Å². The maximum Gasteiger partial charge on any atom is 0.318 e. The molecule has 3 rings (SSSR count). The number of nitro groups is 2. The number of hydrogen-bond acceptors (Lipinski definition) is 8. The van der Waals surface area contributed by atoms with Crippen molar-refractivity contribution in [2.24, 2.45) is 15.9 Å². The normalized spacial score (nSPS) is 11.5. The quantitative estimate of drug-likeness (QED) is 0.172. The Bertz CT molecular complexity index is 1240. The highest BCUT2D eigenvalue weighted by molar-refractivity contribution is 9.10. The zero-order chi connectivity index (χ0) is 23.8. The molecular weight excluding hydrogens is 514 g/mol. The monoisotopic (exact) mass is 529 g/mol. The van der Waals surface area contributed by atoms with E-state index in [4.69, 9.17) is 10.5 Å². The van der Waals surface area contributed by atoms with E-state index in [2.05, 4.69) is 26.1 Å². The summed E-state index contributed by atoms with van der Waals surface area (Å²) in [4.78, 5) is 20.8. The predicted octanol–water partition coefficient (Wildman–Crippen LogP) is 5.64. The van der Waals surface area contributed by atoms with Gasteiger partial charge in [0.25, 0.3) is 5.69 Å². The van der Waals surface area contributed by atoms with E-state index in [-0.39, 0.29) is 16.7 Å². The average molecular weight is 530 g/mol. The first-order valence-corrected chi connectivity index (χ1v) is 11.0. The molecule has 12 heteroatoms. The summed E-state index contributed by atoms with van der Waals surface area (Å²) in [5, 5.41) is 30.5. The zero-order valence-electron chi connectivity index (χ0n) is 16.8. The van der Waals surface area contributed by atoms with Crippen LogP contribution in [-0.4, -0.2) is 21.2 Å².